The van der Waals surface area contributed by atoms with Crippen LogP contribution in [0.15, 0.2) is 11.8 Å². The maximum absolute atomic E-state index is 11.7. The van der Waals surface area contributed by atoms with E-state index in [4.69, 9.17) is 0 Å². The molecule has 0 aliphatic rings. The molecule has 0 atom stereocenters. The van der Waals surface area contributed by atoms with Gasteiger partial charge in [-0.25, -0.2) is 13.6 Å². The molecule has 4 nitrogen and oxygen atoms in total. The summed E-state index contributed by atoms with van der Waals surface area (Å²) in [5.74, 6) is -3.13. The van der Waals surface area contributed by atoms with Gasteiger partial charge < -0.3 is 9.84 Å². The number of hydrogen-bond donors (Lipinski definition) is 0. The van der Waals surface area contributed by atoms with E-state index in [1.54, 1.807) is 0 Å². The fourth-order valence-corrected chi connectivity index (χ4v) is 0.533. The molecule has 0 saturated carbocycles. The van der Waals surface area contributed by atoms with Crippen LogP contribution >= 0.6 is 0 Å². The number of ketones is 1. The van der Waals surface area contributed by atoms with Crippen molar-refractivity contribution in [2.24, 2.45) is 0 Å². The fraction of sp³-hybridized carbons (Fsp3) is 0.429. The van der Waals surface area contributed by atoms with E-state index in [9.17, 15) is 23.5 Å². The topological polar surface area (TPSA) is 66.4 Å². The van der Waals surface area contributed by atoms with Crippen LogP contribution in [-0.4, -0.2) is 24.8 Å². The number of Topliss-reactive ketones (excluding diaryl/α,β-unsaturated/α-hetero) is 1. The molecule has 0 aliphatic carbocycles. The first-order chi connectivity index (χ1) is 6.04. The minimum absolute atomic E-state index is 0. The summed E-state index contributed by atoms with van der Waals surface area (Å²) in [4.78, 5) is 21.1. The Balaban J connectivity index is 0. The van der Waals surface area contributed by atoms with Gasteiger partial charge in [-0.2, -0.15) is 0 Å². The Kier molecular flexibility index (Phi) is 9.02. The van der Waals surface area contributed by atoms with Gasteiger partial charge in [-0.15, -0.1) is 6.26 Å². The maximum Gasteiger partial charge on any atom is 1.00 e. The quantitative estimate of drug-likeness (QED) is 0.123. The van der Waals surface area contributed by atoms with Crippen LogP contribution < -0.4 is 34.7 Å². The SMILES string of the molecule is CCOC(=O)/C(=C/[O-])C(=O)C(F)F.[Na+]. The van der Waals surface area contributed by atoms with Crippen molar-refractivity contribution in [1.29, 1.82) is 0 Å². The van der Waals surface area contributed by atoms with Crippen molar-refractivity contribution in [3.8, 4) is 0 Å². The minimum Gasteiger partial charge on any atom is -0.877 e. The summed E-state index contributed by atoms with van der Waals surface area (Å²) in [6.45, 7) is 1.33. The third-order valence-electron chi connectivity index (χ3n) is 1.08. The van der Waals surface area contributed by atoms with Gasteiger partial charge in [0, 0.05) is 0 Å². The molecule has 0 fully saturated rings. The molecule has 0 aromatic rings. The largest absolute Gasteiger partial charge is 1.00 e. The van der Waals surface area contributed by atoms with Crippen LogP contribution in [0.3, 0.4) is 0 Å². The molecule has 0 rings (SSSR count). The zero-order valence-electron chi connectivity index (χ0n) is 7.75. The zero-order valence-corrected chi connectivity index (χ0v) is 9.75. The minimum atomic E-state index is -3.37. The van der Waals surface area contributed by atoms with Gasteiger partial charge >= 0.3 is 42.0 Å². The Labute approximate surface area is 101 Å². The molecule has 14 heavy (non-hydrogen) atoms. The molecule has 0 amide bonds. The molecule has 0 N–H and O–H groups in total. The first-order valence-corrected chi connectivity index (χ1v) is 3.36. The van der Waals surface area contributed by atoms with Crippen LogP contribution in [-0.2, 0) is 14.3 Å². The number of alkyl halides is 2. The second-order valence-corrected chi connectivity index (χ2v) is 1.92. The van der Waals surface area contributed by atoms with E-state index >= 15 is 0 Å². The zero-order chi connectivity index (χ0) is 10.4. The van der Waals surface area contributed by atoms with Crippen molar-refractivity contribution in [3.05, 3.63) is 11.8 Å². The van der Waals surface area contributed by atoms with Crippen molar-refractivity contribution < 1.29 is 57.8 Å². The molecule has 74 valence electrons. The van der Waals surface area contributed by atoms with Crippen LogP contribution in [0.1, 0.15) is 6.92 Å². The van der Waals surface area contributed by atoms with Crippen molar-refractivity contribution in [3.63, 3.8) is 0 Å². The van der Waals surface area contributed by atoms with Crippen LogP contribution in [0.2, 0.25) is 0 Å². The second-order valence-electron chi connectivity index (χ2n) is 1.92. The van der Waals surface area contributed by atoms with Crippen molar-refractivity contribution in [2.45, 2.75) is 13.3 Å². The summed E-state index contributed by atoms with van der Waals surface area (Å²) in [6.07, 6.45) is -3.60. The van der Waals surface area contributed by atoms with E-state index in [1.807, 2.05) is 0 Å². The number of carbonyl (C=O) groups excluding carboxylic acids is 2. The van der Waals surface area contributed by atoms with E-state index in [0.717, 1.165) is 0 Å². The monoisotopic (exact) mass is 216 g/mol. The molecular formula is C7H7F2NaO4. The smallest absolute Gasteiger partial charge is 0.877 e. The Morgan fingerprint density at radius 3 is 2.29 bits per heavy atom. The molecule has 0 saturated heterocycles. The number of rotatable bonds is 4. The number of hydrogen-bond acceptors (Lipinski definition) is 4. The Hall–Kier alpha value is -0.460. The second kappa shape index (κ2) is 7.90. The third-order valence-corrected chi connectivity index (χ3v) is 1.08. The summed E-state index contributed by atoms with van der Waals surface area (Å²) in [6, 6.07) is 0. The number of halogens is 2. The molecule has 0 radical (unpaired) electrons. The fourth-order valence-electron chi connectivity index (χ4n) is 0.533. The van der Waals surface area contributed by atoms with Gasteiger partial charge in [-0.3, -0.25) is 4.79 Å². The van der Waals surface area contributed by atoms with Gasteiger partial charge in [-0.05, 0) is 6.92 Å². The number of ether oxygens (including phenoxy) is 1. The molecule has 0 spiro atoms. The first kappa shape index (κ1) is 16.0. The summed E-state index contributed by atoms with van der Waals surface area (Å²) in [5, 5.41) is 10.1. The predicted molar refractivity (Wildman–Crippen MR) is 35.7 cm³/mol. The van der Waals surface area contributed by atoms with Gasteiger partial charge in [0.05, 0.1) is 12.2 Å². The van der Waals surface area contributed by atoms with Crippen LogP contribution in [0.25, 0.3) is 0 Å². The van der Waals surface area contributed by atoms with E-state index in [1.165, 1.54) is 6.92 Å². The molecule has 0 aromatic carbocycles. The van der Waals surface area contributed by atoms with Crippen LogP contribution in [0.4, 0.5) is 8.78 Å². The van der Waals surface area contributed by atoms with Crippen molar-refractivity contribution in [2.75, 3.05) is 6.61 Å². The Morgan fingerprint density at radius 1 is 1.50 bits per heavy atom. The third kappa shape index (κ3) is 4.69. The average Bonchev–Trinajstić information content (AvgIpc) is 2.05. The molecule has 0 aromatic heterocycles. The number of esters is 1. The average molecular weight is 216 g/mol. The summed E-state index contributed by atoms with van der Waals surface area (Å²) >= 11 is 0. The van der Waals surface area contributed by atoms with Crippen molar-refractivity contribution in [1.82, 2.24) is 0 Å². The molecule has 0 heterocycles. The summed E-state index contributed by atoms with van der Waals surface area (Å²) in [5.41, 5.74) is -1.16. The molecule has 7 heteroatoms. The summed E-state index contributed by atoms with van der Waals surface area (Å²) < 4.78 is 27.7. The molecule has 0 bridgehead atoms. The normalized spacial score (nSPS) is 10.7. The van der Waals surface area contributed by atoms with Gasteiger partial charge in [0.15, 0.2) is 0 Å². The van der Waals surface area contributed by atoms with E-state index in [0.29, 0.717) is 0 Å². The van der Waals surface area contributed by atoms with Crippen molar-refractivity contribution >= 4 is 11.8 Å². The first-order valence-electron chi connectivity index (χ1n) is 3.36. The maximum atomic E-state index is 11.7. The van der Waals surface area contributed by atoms with Gasteiger partial charge in [0.1, 0.15) is 0 Å². The number of carbonyl (C=O) groups is 2. The Bertz CT molecular complexity index is 240. The standard InChI is InChI=1S/C7H8F2O4.Na/c1-2-13-7(12)4(3-10)5(11)6(8)9;/h3,6,10H,2H2,1H3;/q;+1/p-1/b4-3+;. The summed E-state index contributed by atoms with van der Waals surface area (Å²) in [7, 11) is 0. The van der Waals surface area contributed by atoms with E-state index in [2.05, 4.69) is 4.74 Å². The van der Waals surface area contributed by atoms with E-state index in [-0.39, 0.29) is 42.4 Å². The van der Waals surface area contributed by atoms with Crippen LogP contribution in [0, 0.1) is 0 Å². The molecule has 0 aliphatic heterocycles. The van der Waals surface area contributed by atoms with E-state index < -0.39 is 23.8 Å². The van der Waals surface area contributed by atoms with Gasteiger partial charge in [0.25, 0.3) is 0 Å². The van der Waals surface area contributed by atoms with Gasteiger partial charge in [0.2, 0.25) is 5.78 Å². The Morgan fingerprint density at radius 2 is 2.00 bits per heavy atom. The van der Waals surface area contributed by atoms with Gasteiger partial charge in [-0.1, -0.05) is 0 Å². The molecular weight excluding hydrogens is 209 g/mol. The molecule has 0 unspecified atom stereocenters. The van der Waals surface area contributed by atoms with Crippen LogP contribution in [0.5, 0.6) is 0 Å². The predicted octanol–water partition coefficient (Wildman–Crippen LogP) is -3.37.